The Hall–Kier alpha value is -7.82. The number of hydrogen-bond donors (Lipinski definition) is 0. The van der Waals surface area contributed by atoms with Crippen LogP contribution in [-0.2, 0) is 10.8 Å². The molecule has 4 heteroatoms. The molecule has 0 amide bonds. The normalized spacial score (nSPS) is 16.5. The van der Waals surface area contributed by atoms with Crippen LogP contribution < -0.4 is 4.74 Å². The Bertz CT molecular complexity index is 4360. The molecule has 2 heterocycles. The zero-order valence-electron chi connectivity index (χ0n) is 58.6. The van der Waals surface area contributed by atoms with Gasteiger partial charge in [-0.15, -0.1) is 0 Å². The minimum Gasteiger partial charge on any atom is -0.496 e. The highest BCUT2D eigenvalue weighted by Crippen LogP contribution is 2.44. The SMILES string of the molecule is [2H]c1nc(-c2cc(-c3ccccc3)cc(-c3cccc4c3nc(-c3cc(C)cc(C)c3OC)n4-c3cc(C([2H])([2H])[2H])c(-c4ccccc4)cc3-c3ccc(C(C)(C)C)cc3)c2)c([2H])c(-c2c([2H])c([2H])c(C(C([2H])([2H])[2H])(C([2H])([2H])[2H])C([2H])([2H])[2H])c([2H])c2[2H])c1[2H]. The average Bonchev–Trinajstić information content (AvgIpc) is 0.932. The van der Waals surface area contributed by atoms with Gasteiger partial charge in [-0.05, 0) is 158 Å². The van der Waals surface area contributed by atoms with E-state index >= 15 is 0 Å². The van der Waals surface area contributed by atoms with Crippen molar-refractivity contribution in [3.05, 3.63) is 216 Å². The van der Waals surface area contributed by atoms with E-state index in [9.17, 15) is 4.11 Å². The number of rotatable bonds is 9. The van der Waals surface area contributed by atoms with Gasteiger partial charge in [0, 0.05) is 39.3 Å². The molecule has 346 valence electrons. The molecule has 0 unspecified atom stereocenters. The number of para-hydroxylation sites is 1. The lowest BCUT2D eigenvalue weighted by Gasteiger charge is -2.22. The molecule has 0 aliphatic carbocycles. The predicted molar refractivity (Wildman–Crippen MR) is 295 cm³/mol. The third kappa shape index (κ3) is 8.87. The van der Waals surface area contributed by atoms with E-state index in [-0.39, 0.29) is 22.2 Å². The quantitative estimate of drug-likeness (QED) is 0.145. The van der Waals surface area contributed by atoms with Crippen LogP contribution in [0.3, 0.4) is 0 Å². The number of hydrogen-bond acceptors (Lipinski definition) is 3. The van der Waals surface area contributed by atoms with Gasteiger partial charge in [0.2, 0.25) is 0 Å². The van der Waals surface area contributed by atoms with Crippen LogP contribution in [-0.4, -0.2) is 21.6 Å². The maximum Gasteiger partial charge on any atom is 0.149 e. The number of fused-ring (bicyclic) bond motifs is 1. The van der Waals surface area contributed by atoms with Crippen LogP contribution >= 0.6 is 0 Å². The lowest BCUT2D eigenvalue weighted by molar-refractivity contribution is 0.413. The van der Waals surface area contributed by atoms with Crippen molar-refractivity contribution < 1.29 is 30.8 Å². The lowest BCUT2D eigenvalue weighted by Crippen LogP contribution is -2.10. The summed E-state index contributed by atoms with van der Waals surface area (Å²) in [7, 11) is 1.57. The van der Waals surface area contributed by atoms with Crippen LogP contribution in [0.4, 0.5) is 0 Å². The second-order valence-corrected chi connectivity index (χ2v) is 18.6. The zero-order valence-corrected chi connectivity index (χ0v) is 39.6. The van der Waals surface area contributed by atoms with E-state index in [0.717, 1.165) is 22.3 Å². The van der Waals surface area contributed by atoms with Crippen molar-refractivity contribution in [3.8, 4) is 89.7 Å². The molecule has 2 aromatic heterocycles. The Labute approximate surface area is 441 Å². The molecule has 8 aromatic carbocycles. The first kappa shape index (κ1) is 28.6. The Morgan fingerprint density at radius 3 is 1.90 bits per heavy atom. The molecule has 0 spiro atoms. The smallest absolute Gasteiger partial charge is 0.149 e. The molecule has 0 aliphatic rings. The fourth-order valence-corrected chi connectivity index (χ4v) is 9.08. The minimum absolute atomic E-state index is 0.0923. The number of benzene rings is 8. The summed E-state index contributed by atoms with van der Waals surface area (Å²) >= 11 is 0. The van der Waals surface area contributed by atoms with Gasteiger partial charge >= 0.3 is 0 Å². The Morgan fingerprint density at radius 1 is 0.529 bits per heavy atom. The first-order valence-electron chi connectivity index (χ1n) is 32.4. The molecular formula is C66H61N3O. The number of aromatic nitrogens is 3. The van der Waals surface area contributed by atoms with Crippen LogP contribution in [0.5, 0.6) is 5.75 Å². The second kappa shape index (κ2) is 18.3. The molecule has 10 rings (SSSR count). The Kier molecular flexibility index (Phi) is 7.46. The molecule has 70 heavy (non-hydrogen) atoms. The van der Waals surface area contributed by atoms with Gasteiger partial charge < -0.3 is 4.74 Å². The molecule has 10 aromatic rings. The number of imidazole rings is 1. The largest absolute Gasteiger partial charge is 0.496 e. The molecule has 0 atom stereocenters. The summed E-state index contributed by atoms with van der Waals surface area (Å²) in [5, 5.41) is 0. The topological polar surface area (TPSA) is 39.9 Å². The summed E-state index contributed by atoms with van der Waals surface area (Å²) in [6, 6.07) is 38.7. The molecular weight excluding hydrogens is 851 g/mol. The number of pyridine rings is 1. The summed E-state index contributed by atoms with van der Waals surface area (Å²) in [6.45, 7) is -4.20. The molecule has 0 radical (unpaired) electrons. The second-order valence-electron chi connectivity index (χ2n) is 18.6. The summed E-state index contributed by atoms with van der Waals surface area (Å²) in [5.74, 6) is 0.919. The molecule has 0 N–H and O–H groups in total. The van der Waals surface area contributed by atoms with Crippen molar-refractivity contribution in [2.45, 2.75) is 72.9 Å². The van der Waals surface area contributed by atoms with Crippen molar-refractivity contribution in [2.75, 3.05) is 7.11 Å². The van der Waals surface area contributed by atoms with E-state index in [1.54, 1.807) is 25.3 Å². The van der Waals surface area contributed by atoms with Gasteiger partial charge in [-0.3, -0.25) is 9.55 Å². The molecule has 0 saturated heterocycles. The highest BCUT2D eigenvalue weighted by Gasteiger charge is 2.25. The van der Waals surface area contributed by atoms with Gasteiger partial charge in [-0.1, -0.05) is 169 Å². The van der Waals surface area contributed by atoms with Crippen molar-refractivity contribution >= 4 is 11.0 Å². The van der Waals surface area contributed by atoms with E-state index in [4.69, 9.17) is 31.7 Å². The fourth-order valence-electron chi connectivity index (χ4n) is 9.08. The fraction of sp³-hybridized carbons (Fsp3) is 0.182. The van der Waals surface area contributed by atoms with Gasteiger partial charge in [0.25, 0.3) is 0 Å². The monoisotopic (exact) mass is 931 g/mol. The first-order chi connectivity index (χ1) is 41.5. The van der Waals surface area contributed by atoms with Gasteiger partial charge in [-0.2, -0.15) is 0 Å². The van der Waals surface area contributed by atoms with Crippen LogP contribution in [0.1, 0.15) is 95.2 Å². The van der Waals surface area contributed by atoms with Crippen LogP contribution in [0.2, 0.25) is 0 Å². The molecule has 0 fully saturated rings. The van der Waals surface area contributed by atoms with Crippen molar-refractivity contribution in [3.63, 3.8) is 0 Å². The average molecular weight is 931 g/mol. The van der Waals surface area contributed by atoms with E-state index in [2.05, 4.69) is 37.9 Å². The van der Waals surface area contributed by atoms with Gasteiger partial charge in [0.1, 0.15) is 11.6 Å². The number of nitrogens with zero attached hydrogens (tertiary/aromatic N) is 3. The number of methoxy groups -OCH3 is 1. The summed E-state index contributed by atoms with van der Waals surface area (Å²) in [6.07, 6.45) is -0.771. The summed E-state index contributed by atoms with van der Waals surface area (Å²) in [4.78, 5) is 9.98. The van der Waals surface area contributed by atoms with Gasteiger partial charge in [0.05, 0.1) is 44.7 Å². The maximum absolute atomic E-state index is 9.82. The summed E-state index contributed by atoms with van der Waals surface area (Å²) in [5.41, 5.74) is 2.86. The minimum atomic E-state index is -3.95. The maximum atomic E-state index is 9.82. The van der Waals surface area contributed by atoms with Crippen LogP contribution in [0.15, 0.2) is 188 Å². The predicted octanol–water partition coefficient (Wildman–Crippen LogP) is 17.6. The Morgan fingerprint density at radius 2 is 1.21 bits per heavy atom. The number of aryl methyl sites for hydroxylation is 3. The van der Waals surface area contributed by atoms with E-state index in [1.807, 2.05) is 134 Å². The lowest BCUT2D eigenvalue weighted by atomic mass is 9.85. The third-order valence-electron chi connectivity index (χ3n) is 12.5. The standard InChI is InChI=1S/C66H61N3O/c1-42-34-44(3)63(70-10)58(35-42)64-68-62-55(51-37-50(45-18-13-11-14-19-45)38-52(39-51)59-40-49(32-33-67-59)46-24-28-53(29-25-46)65(4,5)6)22-17-23-60(62)69(64)61-36-43(2)56(47-20-15-12-16-21-47)41-57(61)48-26-30-54(31-27-48)66(7,8)9/h11-41H,1-10H3/i2D3,4D3,5D3,6D3,24D,25D,28D,29D,32D,33D,40D. The third-order valence-corrected chi connectivity index (χ3v) is 12.5. The van der Waals surface area contributed by atoms with E-state index in [0.29, 0.717) is 72.8 Å². The van der Waals surface area contributed by atoms with Crippen molar-refractivity contribution in [1.82, 2.24) is 14.5 Å². The Balaban J connectivity index is 1.29. The van der Waals surface area contributed by atoms with Gasteiger partial charge in [0.15, 0.2) is 0 Å². The van der Waals surface area contributed by atoms with E-state index in [1.165, 1.54) is 0 Å². The van der Waals surface area contributed by atoms with Gasteiger partial charge in [-0.25, -0.2) is 4.98 Å². The number of ether oxygens (including phenoxy) is 1. The summed E-state index contributed by atoms with van der Waals surface area (Å²) < 4.78 is 175. The highest BCUT2D eigenvalue weighted by atomic mass is 16.5. The van der Waals surface area contributed by atoms with E-state index < -0.39 is 91.9 Å². The molecule has 0 bridgehead atoms. The molecule has 4 nitrogen and oxygen atoms in total. The molecule has 0 saturated carbocycles. The molecule has 0 aliphatic heterocycles. The first-order valence-corrected chi connectivity index (χ1v) is 22.9. The van der Waals surface area contributed by atoms with Crippen LogP contribution in [0.25, 0.3) is 95.0 Å². The van der Waals surface area contributed by atoms with Crippen molar-refractivity contribution in [1.29, 1.82) is 0 Å². The highest BCUT2D eigenvalue weighted by molar-refractivity contribution is 5.99. The van der Waals surface area contributed by atoms with Crippen LogP contribution in [0, 0.1) is 20.7 Å². The zero-order chi connectivity index (χ0) is 65.0. The van der Waals surface area contributed by atoms with Crippen molar-refractivity contribution in [2.24, 2.45) is 0 Å².